The Morgan fingerprint density at radius 3 is 3.06 bits per heavy atom. The number of likely N-dealkylation sites (N-methyl/N-ethyl adjacent to an activating group) is 2. The fraction of sp³-hybridized carbons (Fsp3) is 0.714. The number of morpholine rings is 1. The molecule has 0 aliphatic carbocycles. The van der Waals surface area contributed by atoms with Gasteiger partial charge in [-0.3, -0.25) is 4.90 Å². The van der Waals surface area contributed by atoms with E-state index in [1.54, 1.807) is 6.26 Å². The van der Waals surface area contributed by atoms with Gasteiger partial charge in [0.1, 0.15) is 5.76 Å². The van der Waals surface area contributed by atoms with Crippen LogP contribution in [0.3, 0.4) is 0 Å². The first-order valence-electron chi connectivity index (χ1n) is 6.93. The van der Waals surface area contributed by atoms with E-state index in [-0.39, 0.29) is 6.10 Å². The van der Waals surface area contributed by atoms with Crippen LogP contribution in [-0.2, 0) is 11.2 Å². The van der Waals surface area contributed by atoms with Crippen molar-refractivity contribution < 1.29 is 9.15 Å². The maximum atomic E-state index is 5.93. The summed E-state index contributed by atoms with van der Waals surface area (Å²) >= 11 is 0. The van der Waals surface area contributed by atoms with Gasteiger partial charge in [-0.1, -0.05) is 13.8 Å². The second-order valence-corrected chi connectivity index (χ2v) is 4.75. The van der Waals surface area contributed by atoms with Crippen LogP contribution in [0.15, 0.2) is 22.8 Å². The van der Waals surface area contributed by atoms with Crippen molar-refractivity contribution in [3.8, 4) is 0 Å². The van der Waals surface area contributed by atoms with Gasteiger partial charge in [0, 0.05) is 25.6 Å². The summed E-state index contributed by atoms with van der Waals surface area (Å²) in [5.74, 6) is 1.03. The molecule has 0 saturated carbocycles. The molecule has 0 aromatic carbocycles. The van der Waals surface area contributed by atoms with E-state index in [9.17, 15) is 0 Å². The van der Waals surface area contributed by atoms with Crippen molar-refractivity contribution >= 4 is 0 Å². The highest BCUT2D eigenvalue weighted by molar-refractivity contribution is 5.02. The molecule has 0 radical (unpaired) electrons. The minimum Gasteiger partial charge on any atom is -0.469 e. The molecule has 0 spiro atoms. The first-order valence-corrected chi connectivity index (χ1v) is 6.93. The van der Waals surface area contributed by atoms with Crippen LogP contribution in [0.25, 0.3) is 0 Å². The van der Waals surface area contributed by atoms with E-state index in [1.807, 2.05) is 12.1 Å². The summed E-state index contributed by atoms with van der Waals surface area (Å²) in [6.07, 6.45) is 2.88. The second kappa shape index (κ2) is 6.92. The first kappa shape index (κ1) is 13.6. The van der Waals surface area contributed by atoms with E-state index in [0.717, 1.165) is 45.0 Å². The Morgan fingerprint density at radius 2 is 2.39 bits per heavy atom. The molecule has 4 heteroatoms. The Hall–Kier alpha value is -0.840. The van der Waals surface area contributed by atoms with Crippen molar-refractivity contribution in [2.45, 2.75) is 32.4 Å². The van der Waals surface area contributed by atoms with Crippen LogP contribution in [0.2, 0.25) is 0 Å². The summed E-state index contributed by atoms with van der Waals surface area (Å²) in [6.45, 7) is 9.28. The van der Waals surface area contributed by atoms with Crippen LogP contribution in [-0.4, -0.2) is 49.8 Å². The Morgan fingerprint density at radius 1 is 1.50 bits per heavy atom. The molecule has 1 aliphatic heterocycles. The first-order chi connectivity index (χ1) is 8.83. The van der Waals surface area contributed by atoms with Crippen molar-refractivity contribution in [2.24, 2.45) is 0 Å². The third kappa shape index (κ3) is 3.57. The zero-order valence-corrected chi connectivity index (χ0v) is 11.4. The van der Waals surface area contributed by atoms with E-state index in [2.05, 4.69) is 24.1 Å². The van der Waals surface area contributed by atoms with Crippen LogP contribution < -0.4 is 5.32 Å². The topological polar surface area (TPSA) is 37.6 Å². The Balaban J connectivity index is 1.95. The minimum absolute atomic E-state index is 0.253. The van der Waals surface area contributed by atoms with Gasteiger partial charge in [-0.15, -0.1) is 0 Å². The van der Waals surface area contributed by atoms with E-state index < -0.39 is 0 Å². The maximum Gasteiger partial charge on any atom is 0.105 e. The molecule has 1 N–H and O–H groups in total. The molecule has 2 rings (SSSR count). The number of nitrogens with one attached hydrogen (secondary N) is 1. The number of hydrogen-bond acceptors (Lipinski definition) is 4. The molecule has 1 aromatic rings. The van der Waals surface area contributed by atoms with Gasteiger partial charge >= 0.3 is 0 Å². The number of furan rings is 1. The van der Waals surface area contributed by atoms with Crippen molar-refractivity contribution in [3.05, 3.63) is 24.2 Å². The van der Waals surface area contributed by atoms with Gasteiger partial charge in [-0.25, -0.2) is 0 Å². The third-order valence-electron chi connectivity index (χ3n) is 3.54. The number of hydrogen-bond donors (Lipinski definition) is 1. The average molecular weight is 252 g/mol. The molecule has 1 aliphatic rings. The lowest BCUT2D eigenvalue weighted by Gasteiger charge is -2.36. The van der Waals surface area contributed by atoms with Crippen molar-refractivity contribution in [3.63, 3.8) is 0 Å². The number of rotatable bonds is 6. The predicted molar refractivity (Wildman–Crippen MR) is 71.7 cm³/mol. The van der Waals surface area contributed by atoms with Gasteiger partial charge in [0.25, 0.3) is 0 Å². The number of nitrogens with zero attached hydrogens (tertiary/aromatic N) is 1. The normalized spacial score (nSPS) is 23.1. The van der Waals surface area contributed by atoms with Gasteiger partial charge < -0.3 is 14.5 Å². The molecular formula is C14H24N2O2. The quantitative estimate of drug-likeness (QED) is 0.833. The average Bonchev–Trinajstić information content (AvgIpc) is 2.91. The molecule has 0 bridgehead atoms. The number of ether oxygens (including phenoxy) is 1. The molecule has 1 fully saturated rings. The van der Waals surface area contributed by atoms with E-state index in [1.165, 1.54) is 0 Å². The lowest BCUT2D eigenvalue weighted by Crippen LogP contribution is -2.52. The molecule has 1 saturated heterocycles. The molecule has 4 nitrogen and oxygen atoms in total. The largest absolute Gasteiger partial charge is 0.469 e. The molecular weight excluding hydrogens is 228 g/mol. The molecule has 2 heterocycles. The van der Waals surface area contributed by atoms with E-state index >= 15 is 0 Å². The van der Waals surface area contributed by atoms with Gasteiger partial charge in [0.15, 0.2) is 0 Å². The Labute approximate surface area is 109 Å². The Bertz CT molecular complexity index is 327. The summed E-state index contributed by atoms with van der Waals surface area (Å²) < 4.78 is 11.4. The predicted octanol–water partition coefficient (Wildman–Crippen LogP) is 1.52. The molecule has 18 heavy (non-hydrogen) atoms. The summed E-state index contributed by atoms with van der Waals surface area (Å²) in [5.41, 5.74) is 0. The minimum atomic E-state index is 0.253. The van der Waals surface area contributed by atoms with E-state index in [0.29, 0.717) is 6.04 Å². The van der Waals surface area contributed by atoms with Crippen LogP contribution in [0.5, 0.6) is 0 Å². The summed E-state index contributed by atoms with van der Waals surface area (Å²) in [5, 5.41) is 3.52. The zero-order valence-electron chi connectivity index (χ0n) is 11.4. The lowest BCUT2D eigenvalue weighted by atomic mass is 10.0. The van der Waals surface area contributed by atoms with Gasteiger partial charge in [0.05, 0.1) is 19.0 Å². The molecule has 1 aromatic heterocycles. The molecule has 2 atom stereocenters. The maximum absolute atomic E-state index is 5.93. The molecule has 102 valence electrons. The molecule has 2 unspecified atom stereocenters. The third-order valence-corrected chi connectivity index (χ3v) is 3.54. The monoisotopic (exact) mass is 252 g/mol. The zero-order chi connectivity index (χ0) is 12.8. The van der Waals surface area contributed by atoms with Gasteiger partial charge in [-0.05, 0) is 25.2 Å². The standard InChI is InChI=1S/C14H24N2O2/c1-3-15-13(10-12-6-5-8-17-12)14-11-16(4-2)7-9-18-14/h5-6,8,13-15H,3-4,7,9-11H2,1-2H3. The van der Waals surface area contributed by atoms with Crippen LogP contribution in [0, 0.1) is 0 Å². The lowest BCUT2D eigenvalue weighted by molar-refractivity contribution is -0.0451. The van der Waals surface area contributed by atoms with Gasteiger partial charge in [-0.2, -0.15) is 0 Å². The fourth-order valence-electron chi connectivity index (χ4n) is 2.50. The summed E-state index contributed by atoms with van der Waals surface area (Å²) in [4.78, 5) is 2.45. The fourth-order valence-corrected chi connectivity index (χ4v) is 2.50. The van der Waals surface area contributed by atoms with Gasteiger partial charge in [0.2, 0.25) is 0 Å². The highest BCUT2D eigenvalue weighted by atomic mass is 16.5. The van der Waals surface area contributed by atoms with Crippen LogP contribution in [0.1, 0.15) is 19.6 Å². The highest BCUT2D eigenvalue weighted by Gasteiger charge is 2.27. The van der Waals surface area contributed by atoms with Crippen LogP contribution in [0.4, 0.5) is 0 Å². The summed E-state index contributed by atoms with van der Waals surface area (Å²) in [6, 6.07) is 4.30. The Kier molecular flexibility index (Phi) is 5.23. The van der Waals surface area contributed by atoms with Crippen molar-refractivity contribution in [1.29, 1.82) is 0 Å². The second-order valence-electron chi connectivity index (χ2n) is 4.75. The highest BCUT2D eigenvalue weighted by Crippen LogP contribution is 2.13. The van der Waals surface area contributed by atoms with E-state index in [4.69, 9.17) is 9.15 Å². The van der Waals surface area contributed by atoms with Crippen molar-refractivity contribution in [1.82, 2.24) is 10.2 Å². The smallest absolute Gasteiger partial charge is 0.105 e. The molecule has 0 amide bonds. The summed E-state index contributed by atoms with van der Waals surface area (Å²) in [7, 11) is 0. The van der Waals surface area contributed by atoms with Crippen LogP contribution >= 0.6 is 0 Å². The van der Waals surface area contributed by atoms with Crippen molar-refractivity contribution in [2.75, 3.05) is 32.8 Å². The SMILES string of the molecule is CCNC(Cc1ccco1)C1CN(CC)CCO1.